The van der Waals surface area contributed by atoms with Crippen molar-refractivity contribution in [2.24, 2.45) is 0 Å². The molecule has 0 aromatic heterocycles. The SMILES string of the molecule is O=CNCNC(COOCc1cc(C(F)(F)F)cc(C(F)(F)F)c1)C(c1ccccc1)c1ccccc1. The van der Waals surface area contributed by atoms with Gasteiger partial charge in [0.1, 0.15) is 6.61 Å². The summed E-state index contributed by atoms with van der Waals surface area (Å²) in [4.78, 5) is 21.1. The van der Waals surface area contributed by atoms with Crippen LogP contribution in [0.1, 0.15) is 33.7 Å². The van der Waals surface area contributed by atoms with Crippen LogP contribution in [-0.2, 0) is 33.5 Å². The molecular formula is C26H24F6N2O3. The van der Waals surface area contributed by atoms with Crippen LogP contribution >= 0.6 is 0 Å². The molecule has 0 heterocycles. The van der Waals surface area contributed by atoms with Gasteiger partial charge in [0, 0.05) is 12.0 Å². The summed E-state index contributed by atoms with van der Waals surface area (Å²) in [7, 11) is 0. The average Bonchev–Trinajstić information content (AvgIpc) is 2.86. The standard InChI is InChI=1S/C26H24F6N2O3/c27-25(28,29)21-11-18(12-22(13-21)26(30,31)32)14-36-37-15-23(34-16-33-17-35)24(19-7-3-1-4-8-19)20-9-5-2-6-10-20/h1-13,17,23-24,34H,14-16H2,(H,33,35). The monoisotopic (exact) mass is 526 g/mol. The van der Waals surface area contributed by atoms with Crippen LogP contribution in [0.15, 0.2) is 78.9 Å². The van der Waals surface area contributed by atoms with Crippen molar-refractivity contribution in [1.82, 2.24) is 10.6 Å². The predicted octanol–water partition coefficient (Wildman–Crippen LogP) is 5.67. The number of rotatable bonds is 12. The molecular weight excluding hydrogens is 502 g/mol. The Balaban J connectivity index is 1.77. The molecule has 2 N–H and O–H groups in total. The highest BCUT2D eigenvalue weighted by atomic mass is 19.4. The molecule has 0 aliphatic rings. The predicted molar refractivity (Wildman–Crippen MR) is 123 cm³/mol. The van der Waals surface area contributed by atoms with Gasteiger partial charge in [0.25, 0.3) is 0 Å². The van der Waals surface area contributed by atoms with Crippen molar-refractivity contribution in [1.29, 1.82) is 0 Å². The summed E-state index contributed by atoms with van der Waals surface area (Å²) in [5, 5.41) is 5.62. The quantitative estimate of drug-likeness (QED) is 0.0798. The molecule has 0 saturated carbocycles. The number of hydrogen-bond donors (Lipinski definition) is 2. The molecule has 0 radical (unpaired) electrons. The minimum Gasteiger partial charge on any atom is -0.346 e. The second-order valence-electron chi connectivity index (χ2n) is 8.07. The topological polar surface area (TPSA) is 59.6 Å². The van der Waals surface area contributed by atoms with Crippen molar-refractivity contribution >= 4 is 6.41 Å². The fourth-order valence-electron chi connectivity index (χ4n) is 3.82. The van der Waals surface area contributed by atoms with Crippen LogP contribution < -0.4 is 10.6 Å². The Labute approximate surface area is 209 Å². The van der Waals surface area contributed by atoms with Crippen molar-refractivity contribution in [2.75, 3.05) is 13.3 Å². The lowest BCUT2D eigenvalue weighted by molar-refractivity contribution is -0.307. The second-order valence-corrected chi connectivity index (χ2v) is 8.07. The van der Waals surface area contributed by atoms with Crippen molar-refractivity contribution in [3.05, 3.63) is 107 Å². The van der Waals surface area contributed by atoms with Crippen molar-refractivity contribution in [3.8, 4) is 0 Å². The van der Waals surface area contributed by atoms with Crippen molar-refractivity contribution < 1.29 is 40.9 Å². The molecule has 198 valence electrons. The summed E-state index contributed by atoms with van der Waals surface area (Å²) in [6, 6.07) is 19.5. The maximum absolute atomic E-state index is 13.1. The lowest BCUT2D eigenvalue weighted by atomic mass is 9.85. The van der Waals surface area contributed by atoms with Gasteiger partial charge < -0.3 is 5.32 Å². The van der Waals surface area contributed by atoms with Gasteiger partial charge >= 0.3 is 12.4 Å². The Bertz CT molecular complexity index is 1050. The molecule has 0 aliphatic carbocycles. The summed E-state index contributed by atoms with van der Waals surface area (Å²) in [6.07, 6.45) is -9.42. The number of alkyl halides is 6. The molecule has 3 rings (SSSR count). The van der Waals surface area contributed by atoms with E-state index in [-0.39, 0.29) is 30.8 Å². The molecule has 3 aromatic carbocycles. The van der Waals surface area contributed by atoms with E-state index in [9.17, 15) is 31.1 Å². The van der Waals surface area contributed by atoms with Gasteiger partial charge in [-0.1, -0.05) is 60.7 Å². The smallest absolute Gasteiger partial charge is 0.346 e. The zero-order valence-electron chi connectivity index (χ0n) is 19.4. The lowest BCUT2D eigenvalue weighted by Gasteiger charge is -2.28. The first-order valence-electron chi connectivity index (χ1n) is 11.1. The first-order chi connectivity index (χ1) is 17.6. The average molecular weight is 526 g/mol. The third-order valence-corrected chi connectivity index (χ3v) is 5.47. The Morgan fingerprint density at radius 1 is 0.757 bits per heavy atom. The molecule has 1 amide bonds. The van der Waals surface area contributed by atoms with Crippen LogP contribution in [0, 0.1) is 0 Å². The first kappa shape index (κ1) is 28.2. The fourth-order valence-corrected chi connectivity index (χ4v) is 3.82. The summed E-state index contributed by atoms with van der Waals surface area (Å²) >= 11 is 0. The number of carbonyl (C=O) groups excluding carboxylic acids is 1. The van der Waals surface area contributed by atoms with Gasteiger partial charge in [-0.15, -0.1) is 0 Å². The van der Waals surface area contributed by atoms with E-state index in [1.807, 2.05) is 60.7 Å². The van der Waals surface area contributed by atoms with Gasteiger partial charge in [0.15, 0.2) is 0 Å². The highest BCUT2D eigenvalue weighted by molar-refractivity contribution is 5.45. The highest BCUT2D eigenvalue weighted by Crippen LogP contribution is 2.36. The fraction of sp³-hybridized carbons (Fsp3) is 0.269. The summed E-state index contributed by atoms with van der Waals surface area (Å²) < 4.78 is 78.7. The second kappa shape index (κ2) is 12.7. The van der Waals surface area contributed by atoms with Gasteiger partial charge in [-0.3, -0.25) is 10.1 Å². The largest absolute Gasteiger partial charge is 0.416 e. The molecule has 0 fully saturated rings. The molecule has 5 nitrogen and oxygen atoms in total. The maximum atomic E-state index is 13.1. The Hall–Kier alpha value is -3.41. The van der Waals surface area contributed by atoms with Gasteiger partial charge in [-0.25, -0.2) is 9.78 Å². The van der Waals surface area contributed by atoms with E-state index in [0.29, 0.717) is 18.5 Å². The van der Waals surface area contributed by atoms with Gasteiger partial charge in [-0.2, -0.15) is 26.3 Å². The van der Waals surface area contributed by atoms with Gasteiger partial charge in [-0.05, 0) is 34.9 Å². The molecule has 0 saturated heterocycles. The third-order valence-electron chi connectivity index (χ3n) is 5.47. The summed E-state index contributed by atoms with van der Waals surface area (Å²) in [5.74, 6) is -0.287. The molecule has 11 heteroatoms. The van der Waals surface area contributed by atoms with Crippen LogP contribution in [0.5, 0.6) is 0 Å². The number of benzene rings is 3. The molecule has 0 aliphatic heterocycles. The molecule has 37 heavy (non-hydrogen) atoms. The normalized spacial score (nSPS) is 12.9. The zero-order chi connectivity index (χ0) is 26.9. The summed E-state index contributed by atoms with van der Waals surface area (Å²) in [6.45, 7) is -0.704. The van der Waals surface area contributed by atoms with E-state index in [0.717, 1.165) is 11.1 Å². The van der Waals surface area contributed by atoms with E-state index in [2.05, 4.69) is 10.6 Å². The molecule has 1 unspecified atom stereocenters. The van der Waals surface area contributed by atoms with Gasteiger partial charge in [0.2, 0.25) is 6.41 Å². The highest BCUT2D eigenvalue weighted by Gasteiger charge is 2.37. The van der Waals surface area contributed by atoms with E-state index in [1.165, 1.54) is 0 Å². The number of hydrogen-bond acceptors (Lipinski definition) is 4. The third kappa shape index (κ3) is 8.31. The maximum Gasteiger partial charge on any atom is 0.416 e. The van der Waals surface area contributed by atoms with Gasteiger partial charge in [0.05, 0.1) is 24.4 Å². The number of amides is 1. The van der Waals surface area contributed by atoms with Crippen LogP contribution in [-0.4, -0.2) is 25.7 Å². The van der Waals surface area contributed by atoms with Crippen molar-refractivity contribution in [3.63, 3.8) is 0 Å². The molecule has 3 aromatic rings. The lowest BCUT2D eigenvalue weighted by Crippen LogP contribution is -2.43. The zero-order valence-corrected chi connectivity index (χ0v) is 19.4. The van der Waals surface area contributed by atoms with Crippen molar-refractivity contribution in [2.45, 2.75) is 30.9 Å². The summed E-state index contributed by atoms with van der Waals surface area (Å²) in [5.41, 5.74) is -1.40. The van der Waals surface area contributed by atoms with E-state index >= 15 is 0 Å². The van der Waals surface area contributed by atoms with Crippen LogP contribution in [0.4, 0.5) is 26.3 Å². The molecule has 0 spiro atoms. The van der Waals surface area contributed by atoms with Crippen LogP contribution in [0.3, 0.4) is 0 Å². The Morgan fingerprint density at radius 2 is 1.27 bits per heavy atom. The minimum absolute atomic E-state index is 0.0503. The number of nitrogens with one attached hydrogen (secondary N) is 2. The minimum atomic E-state index is -4.96. The Kier molecular flexibility index (Phi) is 9.67. The van der Waals surface area contributed by atoms with Crippen LogP contribution in [0.2, 0.25) is 0 Å². The van der Waals surface area contributed by atoms with Crippen LogP contribution in [0.25, 0.3) is 0 Å². The number of halogens is 6. The van der Waals surface area contributed by atoms with E-state index < -0.39 is 36.1 Å². The van der Waals surface area contributed by atoms with E-state index in [1.54, 1.807) is 0 Å². The number of carbonyl (C=O) groups is 1. The molecule has 1 atom stereocenters. The Morgan fingerprint density at radius 3 is 1.73 bits per heavy atom. The first-order valence-corrected chi connectivity index (χ1v) is 11.1. The van der Waals surface area contributed by atoms with E-state index in [4.69, 9.17) is 9.78 Å². The molecule has 0 bridgehead atoms.